The van der Waals surface area contributed by atoms with Gasteiger partial charge in [-0.1, -0.05) is 44.2 Å². The van der Waals surface area contributed by atoms with Crippen molar-refractivity contribution in [2.45, 2.75) is 77.3 Å². The van der Waals surface area contributed by atoms with E-state index in [4.69, 9.17) is 0 Å². The molecule has 0 aromatic heterocycles. The van der Waals surface area contributed by atoms with Crippen molar-refractivity contribution in [3.8, 4) is 0 Å². The SMILES string of the molecule is Cc1cccc(N2C(=O)CN(S(C)(=O)=O)C[C@@]2(C)C(=O)NC2CCCCCCC2)c1C. The van der Waals surface area contributed by atoms with Crippen molar-refractivity contribution in [3.05, 3.63) is 29.3 Å². The van der Waals surface area contributed by atoms with E-state index in [-0.39, 0.29) is 30.9 Å². The average molecular weight is 450 g/mol. The lowest BCUT2D eigenvalue weighted by atomic mass is 9.91. The van der Waals surface area contributed by atoms with Crippen LogP contribution in [-0.4, -0.2) is 55.5 Å². The normalized spacial score (nSPS) is 24.5. The number of sulfonamides is 1. The number of aryl methyl sites for hydroxylation is 1. The van der Waals surface area contributed by atoms with Gasteiger partial charge in [0.15, 0.2) is 0 Å². The van der Waals surface area contributed by atoms with Gasteiger partial charge in [-0.3, -0.25) is 14.5 Å². The third-order valence-corrected chi connectivity index (χ3v) is 7.95. The van der Waals surface area contributed by atoms with Crippen molar-refractivity contribution >= 4 is 27.5 Å². The Bertz CT molecular complexity index is 938. The van der Waals surface area contributed by atoms with Gasteiger partial charge in [0, 0.05) is 18.3 Å². The molecule has 1 aromatic rings. The van der Waals surface area contributed by atoms with Gasteiger partial charge in [-0.25, -0.2) is 8.42 Å². The quantitative estimate of drug-likeness (QED) is 0.766. The molecular weight excluding hydrogens is 414 g/mol. The van der Waals surface area contributed by atoms with E-state index in [1.807, 2.05) is 32.0 Å². The number of carbonyl (C=O) groups excluding carboxylic acids is 2. The molecule has 1 aromatic carbocycles. The summed E-state index contributed by atoms with van der Waals surface area (Å²) in [5.41, 5.74) is 1.25. The van der Waals surface area contributed by atoms with E-state index in [1.165, 1.54) is 24.2 Å². The van der Waals surface area contributed by atoms with E-state index in [2.05, 4.69) is 5.32 Å². The molecule has 1 heterocycles. The zero-order valence-electron chi connectivity index (χ0n) is 19.1. The smallest absolute Gasteiger partial charge is 0.247 e. The first-order valence-electron chi connectivity index (χ1n) is 11.2. The van der Waals surface area contributed by atoms with Gasteiger partial charge in [-0.2, -0.15) is 4.31 Å². The number of nitrogens with zero attached hydrogens (tertiary/aromatic N) is 2. The number of amides is 2. The lowest BCUT2D eigenvalue weighted by Gasteiger charge is -2.47. The fourth-order valence-electron chi connectivity index (χ4n) is 4.69. The maximum absolute atomic E-state index is 13.7. The molecule has 1 aliphatic heterocycles. The van der Waals surface area contributed by atoms with Crippen LogP contribution in [0.4, 0.5) is 5.69 Å². The fourth-order valence-corrected chi connectivity index (χ4v) is 5.52. The number of piperazine rings is 1. The first kappa shape index (κ1) is 23.7. The van der Waals surface area contributed by atoms with Gasteiger partial charge in [0.2, 0.25) is 21.8 Å². The molecule has 0 radical (unpaired) electrons. The Morgan fingerprint density at radius 3 is 2.32 bits per heavy atom. The van der Waals surface area contributed by atoms with Crippen molar-refractivity contribution in [2.75, 3.05) is 24.2 Å². The van der Waals surface area contributed by atoms with E-state index in [1.54, 1.807) is 6.92 Å². The summed E-state index contributed by atoms with van der Waals surface area (Å²) in [5.74, 6) is -0.679. The van der Waals surface area contributed by atoms with Gasteiger partial charge in [-0.05, 0) is 50.8 Å². The first-order valence-corrected chi connectivity index (χ1v) is 13.0. The number of hydrogen-bond donors (Lipinski definition) is 1. The highest BCUT2D eigenvalue weighted by Gasteiger charge is 2.51. The second kappa shape index (κ2) is 9.28. The van der Waals surface area contributed by atoms with Crippen molar-refractivity contribution in [2.24, 2.45) is 0 Å². The lowest BCUT2D eigenvalue weighted by molar-refractivity contribution is -0.133. The van der Waals surface area contributed by atoms with Crippen LogP contribution in [0.1, 0.15) is 63.0 Å². The molecule has 1 N–H and O–H groups in total. The largest absolute Gasteiger partial charge is 0.351 e. The van der Waals surface area contributed by atoms with Crippen LogP contribution in [0, 0.1) is 13.8 Å². The molecule has 1 aliphatic carbocycles. The van der Waals surface area contributed by atoms with E-state index in [0.717, 1.165) is 47.4 Å². The summed E-state index contributed by atoms with van der Waals surface area (Å²) < 4.78 is 25.7. The predicted octanol–water partition coefficient (Wildman–Crippen LogP) is 2.90. The molecule has 0 spiro atoms. The molecule has 0 bridgehead atoms. The molecule has 0 unspecified atom stereocenters. The molecule has 3 rings (SSSR count). The van der Waals surface area contributed by atoms with Crippen LogP contribution < -0.4 is 10.2 Å². The third-order valence-electron chi connectivity index (χ3n) is 6.75. The molecule has 172 valence electrons. The Balaban J connectivity index is 1.98. The Morgan fingerprint density at radius 1 is 1.10 bits per heavy atom. The molecule has 1 saturated carbocycles. The fraction of sp³-hybridized carbons (Fsp3) is 0.652. The molecule has 8 heteroatoms. The first-order chi connectivity index (χ1) is 14.5. The van der Waals surface area contributed by atoms with Gasteiger partial charge < -0.3 is 5.32 Å². The van der Waals surface area contributed by atoms with Crippen LogP contribution in [0.25, 0.3) is 0 Å². The van der Waals surface area contributed by atoms with E-state index >= 15 is 0 Å². The number of carbonyl (C=O) groups is 2. The Kier molecular flexibility index (Phi) is 7.11. The number of benzene rings is 1. The molecule has 2 fully saturated rings. The van der Waals surface area contributed by atoms with Crippen molar-refractivity contribution in [3.63, 3.8) is 0 Å². The lowest BCUT2D eigenvalue weighted by Crippen LogP contribution is -2.70. The van der Waals surface area contributed by atoms with Gasteiger partial charge in [0.1, 0.15) is 5.54 Å². The summed E-state index contributed by atoms with van der Waals surface area (Å²) in [7, 11) is -3.63. The molecule has 31 heavy (non-hydrogen) atoms. The highest BCUT2D eigenvalue weighted by molar-refractivity contribution is 7.88. The standard InChI is InChI=1S/C23H35N3O4S/c1-17-11-10-14-20(18(17)2)26-21(27)15-25(31(4,29)30)16-23(26,3)22(28)24-19-12-8-6-5-7-9-13-19/h10-11,14,19H,5-9,12-13,15-16H2,1-4H3,(H,24,28)/t23-/m0/s1. The van der Waals surface area contributed by atoms with Crippen LogP contribution in [0.15, 0.2) is 18.2 Å². The van der Waals surface area contributed by atoms with Crippen LogP contribution in [0.2, 0.25) is 0 Å². The maximum Gasteiger partial charge on any atom is 0.247 e. The molecular formula is C23H35N3O4S. The average Bonchev–Trinajstić information content (AvgIpc) is 2.65. The second-order valence-electron chi connectivity index (χ2n) is 9.27. The van der Waals surface area contributed by atoms with Crippen molar-refractivity contribution in [1.82, 2.24) is 9.62 Å². The summed E-state index contributed by atoms with van der Waals surface area (Å²) in [5, 5.41) is 3.17. The van der Waals surface area contributed by atoms with Crippen molar-refractivity contribution in [1.29, 1.82) is 0 Å². The summed E-state index contributed by atoms with van der Waals surface area (Å²) in [6, 6.07) is 5.70. The minimum absolute atomic E-state index is 0.0498. The van der Waals surface area contributed by atoms with E-state index in [9.17, 15) is 18.0 Å². The molecule has 2 aliphatic rings. The molecule has 1 atom stereocenters. The summed E-state index contributed by atoms with van der Waals surface area (Å²) >= 11 is 0. The van der Waals surface area contributed by atoms with Crippen LogP contribution in [-0.2, 0) is 19.6 Å². The number of hydrogen-bond acceptors (Lipinski definition) is 4. The van der Waals surface area contributed by atoms with Crippen molar-refractivity contribution < 1.29 is 18.0 Å². The highest BCUT2D eigenvalue weighted by atomic mass is 32.2. The Morgan fingerprint density at radius 2 is 1.71 bits per heavy atom. The number of anilines is 1. The zero-order chi connectivity index (χ0) is 22.8. The van der Waals surface area contributed by atoms with Crippen LogP contribution in [0.5, 0.6) is 0 Å². The second-order valence-corrected chi connectivity index (χ2v) is 11.3. The monoisotopic (exact) mass is 449 g/mol. The highest BCUT2D eigenvalue weighted by Crippen LogP contribution is 2.34. The number of rotatable bonds is 4. The minimum Gasteiger partial charge on any atom is -0.351 e. The van der Waals surface area contributed by atoms with E-state index < -0.39 is 15.6 Å². The van der Waals surface area contributed by atoms with E-state index in [0.29, 0.717) is 5.69 Å². The third kappa shape index (κ3) is 5.12. The molecule has 7 nitrogen and oxygen atoms in total. The van der Waals surface area contributed by atoms with Crippen LogP contribution in [0.3, 0.4) is 0 Å². The zero-order valence-corrected chi connectivity index (χ0v) is 19.9. The Hall–Kier alpha value is -1.93. The topological polar surface area (TPSA) is 86.8 Å². The molecule has 1 saturated heterocycles. The summed E-state index contributed by atoms with van der Waals surface area (Å²) in [6.45, 7) is 5.24. The van der Waals surface area contributed by atoms with Gasteiger partial charge in [0.05, 0.1) is 12.8 Å². The van der Waals surface area contributed by atoms with Gasteiger partial charge in [-0.15, -0.1) is 0 Å². The maximum atomic E-state index is 13.7. The number of nitrogens with one attached hydrogen (secondary N) is 1. The predicted molar refractivity (Wildman–Crippen MR) is 122 cm³/mol. The minimum atomic E-state index is -3.63. The Labute approximate surface area is 186 Å². The van der Waals surface area contributed by atoms with Crippen LogP contribution >= 0.6 is 0 Å². The van der Waals surface area contributed by atoms with Gasteiger partial charge >= 0.3 is 0 Å². The summed E-state index contributed by atoms with van der Waals surface area (Å²) in [4.78, 5) is 28.4. The molecule has 2 amide bonds. The van der Waals surface area contributed by atoms with Gasteiger partial charge in [0.25, 0.3) is 0 Å². The summed E-state index contributed by atoms with van der Waals surface area (Å²) in [6.07, 6.45) is 8.60.